The lowest BCUT2D eigenvalue weighted by atomic mass is 10.1. The smallest absolute Gasteiger partial charge is 0.295 e. The predicted octanol–water partition coefficient (Wildman–Crippen LogP) is 1.92. The SMILES string of the molecule is O=C(NC1CCSC1=O)c1cc([N+](=O)[O-])cc([N+](=O)[O-])c1Cl. The van der Waals surface area contributed by atoms with Gasteiger partial charge in [-0.2, -0.15) is 0 Å². The predicted molar refractivity (Wildman–Crippen MR) is 78.1 cm³/mol. The molecule has 1 aliphatic rings. The highest BCUT2D eigenvalue weighted by atomic mass is 35.5. The van der Waals surface area contributed by atoms with Crippen LogP contribution in [0.1, 0.15) is 16.8 Å². The van der Waals surface area contributed by atoms with Crippen molar-refractivity contribution in [3.05, 3.63) is 42.9 Å². The number of nitrogens with zero attached hydrogens (tertiary/aromatic N) is 2. The molecule has 1 heterocycles. The molecule has 1 N–H and O–H groups in total. The third-order valence-corrected chi connectivity index (χ3v) is 4.34. The number of nitrogens with one attached hydrogen (secondary N) is 1. The molecule has 1 unspecified atom stereocenters. The standard InChI is InChI=1S/C11H8ClN3O6S/c12-9-6(10(16)13-7-1-2-22-11(7)17)3-5(14(18)19)4-8(9)15(20)21/h3-4,7H,1-2H2,(H,13,16). The molecular weight excluding hydrogens is 338 g/mol. The first-order valence-corrected chi connectivity index (χ1v) is 7.27. The number of benzene rings is 1. The zero-order valence-corrected chi connectivity index (χ0v) is 12.3. The molecule has 1 atom stereocenters. The molecule has 2 rings (SSSR count). The third-order valence-electron chi connectivity index (χ3n) is 2.93. The van der Waals surface area contributed by atoms with E-state index in [1.165, 1.54) is 0 Å². The van der Waals surface area contributed by atoms with Crippen LogP contribution in [0.15, 0.2) is 12.1 Å². The van der Waals surface area contributed by atoms with Crippen LogP contribution in [0.2, 0.25) is 5.02 Å². The zero-order valence-electron chi connectivity index (χ0n) is 10.8. The van der Waals surface area contributed by atoms with Crippen molar-refractivity contribution in [3.63, 3.8) is 0 Å². The van der Waals surface area contributed by atoms with E-state index in [0.717, 1.165) is 17.8 Å². The maximum atomic E-state index is 12.1. The Bertz CT molecular complexity index is 695. The van der Waals surface area contributed by atoms with Gasteiger partial charge < -0.3 is 5.32 Å². The molecule has 1 fully saturated rings. The zero-order chi connectivity index (χ0) is 16.4. The van der Waals surface area contributed by atoms with Crippen LogP contribution >= 0.6 is 23.4 Å². The first-order valence-electron chi connectivity index (χ1n) is 5.91. The topological polar surface area (TPSA) is 132 Å². The van der Waals surface area contributed by atoms with Gasteiger partial charge in [-0.3, -0.25) is 29.8 Å². The minimum absolute atomic E-state index is 0.232. The van der Waals surface area contributed by atoms with Gasteiger partial charge in [0.1, 0.15) is 5.02 Å². The molecule has 116 valence electrons. The fourth-order valence-corrected chi connectivity index (χ4v) is 3.06. The molecular formula is C11H8ClN3O6S. The molecule has 1 saturated heterocycles. The highest BCUT2D eigenvalue weighted by molar-refractivity contribution is 8.14. The first-order chi connectivity index (χ1) is 10.3. The lowest BCUT2D eigenvalue weighted by molar-refractivity contribution is -0.394. The number of carbonyl (C=O) groups excluding carboxylic acids is 2. The van der Waals surface area contributed by atoms with Gasteiger partial charge in [0.05, 0.1) is 27.5 Å². The molecule has 0 aromatic heterocycles. The number of thioether (sulfide) groups is 1. The van der Waals surface area contributed by atoms with Gasteiger partial charge in [0.2, 0.25) is 5.12 Å². The van der Waals surface area contributed by atoms with Crippen LogP contribution in [0.25, 0.3) is 0 Å². The van der Waals surface area contributed by atoms with Gasteiger partial charge in [-0.05, 0) is 6.42 Å². The van der Waals surface area contributed by atoms with Gasteiger partial charge in [0.15, 0.2) is 0 Å². The van der Waals surface area contributed by atoms with Crippen LogP contribution in [-0.2, 0) is 4.79 Å². The van der Waals surface area contributed by atoms with E-state index in [1.54, 1.807) is 0 Å². The van der Waals surface area contributed by atoms with Crippen LogP contribution in [0, 0.1) is 20.2 Å². The van der Waals surface area contributed by atoms with Crippen molar-refractivity contribution in [1.82, 2.24) is 5.32 Å². The quantitative estimate of drug-likeness (QED) is 0.650. The molecule has 1 amide bonds. The van der Waals surface area contributed by atoms with E-state index >= 15 is 0 Å². The largest absolute Gasteiger partial charge is 0.341 e. The fraction of sp³-hybridized carbons (Fsp3) is 0.273. The maximum absolute atomic E-state index is 12.1. The average Bonchev–Trinajstić information content (AvgIpc) is 2.83. The maximum Gasteiger partial charge on any atom is 0.295 e. The number of carbonyl (C=O) groups is 2. The molecule has 11 heteroatoms. The Hall–Kier alpha value is -2.20. The fourth-order valence-electron chi connectivity index (χ4n) is 1.86. The van der Waals surface area contributed by atoms with E-state index < -0.39 is 43.8 Å². The summed E-state index contributed by atoms with van der Waals surface area (Å²) < 4.78 is 0. The number of non-ortho nitro benzene ring substituents is 1. The molecule has 0 radical (unpaired) electrons. The minimum atomic E-state index is -0.914. The normalized spacial score (nSPS) is 17.3. The number of nitro benzene ring substituents is 2. The summed E-state index contributed by atoms with van der Waals surface area (Å²) in [5.74, 6) is -0.315. The Labute approximate surface area is 132 Å². The summed E-state index contributed by atoms with van der Waals surface area (Å²) in [6.07, 6.45) is 0.421. The summed E-state index contributed by atoms with van der Waals surface area (Å²) in [7, 11) is 0. The Morgan fingerprint density at radius 3 is 2.50 bits per heavy atom. The molecule has 9 nitrogen and oxygen atoms in total. The van der Waals surface area contributed by atoms with Crippen molar-refractivity contribution >= 4 is 45.8 Å². The van der Waals surface area contributed by atoms with E-state index in [0.29, 0.717) is 18.2 Å². The van der Waals surface area contributed by atoms with Crippen molar-refractivity contribution in [2.24, 2.45) is 0 Å². The summed E-state index contributed by atoms with van der Waals surface area (Å²) in [6.45, 7) is 0. The van der Waals surface area contributed by atoms with E-state index in [9.17, 15) is 29.8 Å². The minimum Gasteiger partial charge on any atom is -0.341 e. The molecule has 1 aromatic rings. The molecule has 0 saturated carbocycles. The van der Waals surface area contributed by atoms with Crippen molar-refractivity contribution in [3.8, 4) is 0 Å². The van der Waals surface area contributed by atoms with Gasteiger partial charge in [-0.1, -0.05) is 23.4 Å². The van der Waals surface area contributed by atoms with Crippen LogP contribution in [0.3, 0.4) is 0 Å². The number of hydrogen-bond donors (Lipinski definition) is 1. The van der Waals surface area contributed by atoms with Gasteiger partial charge in [0, 0.05) is 11.8 Å². The Morgan fingerprint density at radius 1 is 1.32 bits per heavy atom. The molecule has 1 aliphatic heterocycles. The summed E-state index contributed by atoms with van der Waals surface area (Å²) in [4.78, 5) is 43.5. The van der Waals surface area contributed by atoms with Crippen LogP contribution in [0.4, 0.5) is 11.4 Å². The monoisotopic (exact) mass is 345 g/mol. The van der Waals surface area contributed by atoms with Gasteiger partial charge in [-0.15, -0.1) is 0 Å². The number of halogens is 1. The van der Waals surface area contributed by atoms with Crippen molar-refractivity contribution in [2.75, 3.05) is 5.75 Å². The highest BCUT2D eigenvalue weighted by Gasteiger charge is 2.31. The lowest BCUT2D eigenvalue weighted by Gasteiger charge is -2.11. The second kappa shape index (κ2) is 6.28. The van der Waals surface area contributed by atoms with E-state index in [-0.39, 0.29) is 5.12 Å². The van der Waals surface area contributed by atoms with Gasteiger partial charge in [0.25, 0.3) is 17.3 Å². The molecule has 0 aliphatic carbocycles. The summed E-state index contributed by atoms with van der Waals surface area (Å²) in [5.41, 5.74) is -1.78. The first kappa shape index (κ1) is 16.2. The summed E-state index contributed by atoms with van der Waals surface area (Å²) in [5, 5.41) is 23.3. The van der Waals surface area contributed by atoms with Gasteiger partial charge >= 0.3 is 0 Å². The van der Waals surface area contributed by atoms with E-state index in [4.69, 9.17) is 11.6 Å². The number of hydrogen-bond acceptors (Lipinski definition) is 7. The van der Waals surface area contributed by atoms with Crippen LogP contribution < -0.4 is 5.32 Å². The van der Waals surface area contributed by atoms with Crippen LogP contribution in [-0.4, -0.2) is 32.7 Å². The second-order valence-electron chi connectivity index (χ2n) is 4.32. The number of amides is 1. The Morgan fingerprint density at radius 2 is 2.00 bits per heavy atom. The molecule has 0 spiro atoms. The highest BCUT2D eigenvalue weighted by Crippen LogP contribution is 2.33. The number of nitro groups is 2. The second-order valence-corrected chi connectivity index (χ2v) is 5.80. The molecule has 0 bridgehead atoms. The average molecular weight is 346 g/mol. The van der Waals surface area contributed by atoms with Crippen molar-refractivity contribution in [1.29, 1.82) is 0 Å². The summed E-state index contributed by atoms with van der Waals surface area (Å²) in [6, 6.07) is 0.791. The van der Waals surface area contributed by atoms with Crippen molar-refractivity contribution < 1.29 is 19.4 Å². The molecule has 1 aromatic carbocycles. The Kier molecular flexibility index (Phi) is 4.62. The lowest BCUT2D eigenvalue weighted by Crippen LogP contribution is -2.37. The van der Waals surface area contributed by atoms with Crippen molar-refractivity contribution in [2.45, 2.75) is 12.5 Å². The van der Waals surface area contributed by atoms with E-state index in [2.05, 4.69) is 5.32 Å². The Balaban J connectivity index is 2.40. The number of rotatable bonds is 4. The van der Waals surface area contributed by atoms with Gasteiger partial charge in [-0.25, -0.2) is 0 Å². The molecule has 22 heavy (non-hydrogen) atoms. The van der Waals surface area contributed by atoms with Crippen LogP contribution in [0.5, 0.6) is 0 Å². The van der Waals surface area contributed by atoms with E-state index in [1.807, 2.05) is 0 Å². The third kappa shape index (κ3) is 3.17. The summed E-state index contributed by atoms with van der Waals surface area (Å²) >= 11 is 6.84.